The number of aliphatic carboxylic acids is 1. The van der Waals surface area contributed by atoms with Crippen molar-refractivity contribution >= 4 is 5.97 Å². The number of carbonyl (C=O) groups is 1. The van der Waals surface area contributed by atoms with Crippen molar-refractivity contribution in [3.05, 3.63) is 0 Å². The van der Waals surface area contributed by atoms with E-state index in [0.717, 1.165) is 45.7 Å². The first-order chi connectivity index (χ1) is 7.68. The van der Waals surface area contributed by atoms with Crippen LogP contribution in [-0.2, 0) is 9.53 Å². The van der Waals surface area contributed by atoms with Gasteiger partial charge in [0.15, 0.2) is 0 Å². The van der Waals surface area contributed by atoms with Crippen LogP contribution in [0.15, 0.2) is 0 Å². The summed E-state index contributed by atoms with van der Waals surface area (Å²) in [5.41, 5.74) is -0.226. The molecule has 1 saturated heterocycles. The van der Waals surface area contributed by atoms with Crippen LogP contribution < -0.4 is 10.6 Å². The monoisotopic (exact) mass is 230 g/mol. The fourth-order valence-electron chi connectivity index (χ4n) is 1.80. The molecule has 5 nitrogen and oxygen atoms in total. The zero-order valence-electron chi connectivity index (χ0n) is 9.92. The normalized spacial score (nSPS) is 18.1. The van der Waals surface area contributed by atoms with Crippen LogP contribution in [0.2, 0.25) is 0 Å². The summed E-state index contributed by atoms with van der Waals surface area (Å²) in [6.45, 7) is 5.95. The number of ether oxygens (including phenoxy) is 1. The average molecular weight is 230 g/mol. The smallest absolute Gasteiger partial charge is 0.305 e. The van der Waals surface area contributed by atoms with Crippen molar-refractivity contribution in [2.75, 3.05) is 32.8 Å². The van der Waals surface area contributed by atoms with Gasteiger partial charge in [-0.2, -0.15) is 0 Å². The minimum Gasteiger partial charge on any atom is -0.481 e. The summed E-state index contributed by atoms with van der Waals surface area (Å²) < 4.78 is 5.36. The summed E-state index contributed by atoms with van der Waals surface area (Å²) in [5, 5.41) is 15.2. The molecule has 0 amide bonds. The summed E-state index contributed by atoms with van der Waals surface area (Å²) in [6.07, 6.45) is 2.16. The van der Waals surface area contributed by atoms with Gasteiger partial charge in [0.25, 0.3) is 0 Å². The Morgan fingerprint density at radius 1 is 1.50 bits per heavy atom. The van der Waals surface area contributed by atoms with Gasteiger partial charge in [-0.25, -0.2) is 0 Å². The molecule has 0 atom stereocenters. The third-order valence-electron chi connectivity index (χ3n) is 2.73. The standard InChI is InChI=1S/C11H22N2O3/c1-2-5-16-6-3-4-13-11(7-10(14)15)8-12-9-11/h12-13H,2-9H2,1H3,(H,14,15). The summed E-state index contributed by atoms with van der Waals surface area (Å²) in [7, 11) is 0. The first-order valence-corrected chi connectivity index (χ1v) is 5.94. The van der Waals surface area contributed by atoms with E-state index in [1.807, 2.05) is 0 Å². The number of nitrogens with one attached hydrogen (secondary N) is 2. The topological polar surface area (TPSA) is 70.6 Å². The zero-order valence-corrected chi connectivity index (χ0v) is 9.92. The molecule has 0 bridgehead atoms. The van der Waals surface area contributed by atoms with E-state index in [1.165, 1.54) is 0 Å². The van der Waals surface area contributed by atoms with Crippen LogP contribution in [0, 0.1) is 0 Å². The van der Waals surface area contributed by atoms with E-state index in [4.69, 9.17) is 9.84 Å². The average Bonchev–Trinajstić information content (AvgIpc) is 2.18. The highest BCUT2D eigenvalue weighted by Gasteiger charge is 2.38. The highest BCUT2D eigenvalue weighted by atomic mass is 16.5. The fourth-order valence-corrected chi connectivity index (χ4v) is 1.80. The van der Waals surface area contributed by atoms with E-state index in [9.17, 15) is 4.79 Å². The van der Waals surface area contributed by atoms with Crippen molar-refractivity contribution in [1.29, 1.82) is 0 Å². The van der Waals surface area contributed by atoms with Crippen molar-refractivity contribution in [2.45, 2.75) is 31.7 Å². The van der Waals surface area contributed by atoms with E-state index < -0.39 is 5.97 Å². The first-order valence-electron chi connectivity index (χ1n) is 5.94. The van der Waals surface area contributed by atoms with Gasteiger partial charge in [-0.1, -0.05) is 6.92 Å². The molecule has 0 aliphatic carbocycles. The molecule has 0 aromatic rings. The molecule has 0 aromatic heterocycles. The van der Waals surface area contributed by atoms with Gasteiger partial charge in [0.1, 0.15) is 0 Å². The molecular weight excluding hydrogens is 208 g/mol. The second kappa shape index (κ2) is 6.83. The highest BCUT2D eigenvalue weighted by Crippen LogP contribution is 2.15. The third kappa shape index (κ3) is 4.47. The van der Waals surface area contributed by atoms with E-state index in [-0.39, 0.29) is 12.0 Å². The van der Waals surface area contributed by atoms with Gasteiger partial charge in [0.05, 0.1) is 12.0 Å². The van der Waals surface area contributed by atoms with Crippen LogP contribution in [0.5, 0.6) is 0 Å². The molecule has 0 radical (unpaired) electrons. The molecule has 5 heteroatoms. The van der Waals surface area contributed by atoms with Gasteiger partial charge < -0.3 is 20.5 Å². The summed E-state index contributed by atoms with van der Waals surface area (Å²) in [6, 6.07) is 0. The van der Waals surface area contributed by atoms with Crippen LogP contribution >= 0.6 is 0 Å². The SMILES string of the molecule is CCCOCCCNC1(CC(=O)O)CNC1. The molecule has 1 aliphatic rings. The molecule has 1 aliphatic heterocycles. The molecule has 16 heavy (non-hydrogen) atoms. The molecule has 1 rings (SSSR count). The van der Waals surface area contributed by atoms with Crippen LogP contribution in [0.1, 0.15) is 26.2 Å². The van der Waals surface area contributed by atoms with Crippen LogP contribution in [-0.4, -0.2) is 49.5 Å². The Hall–Kier alpha value is -0.650. The maximum absolute atomic E-state index is 10.7. The molecule has 1 heterocycles. The summed E-state index contributed by atoms with van der Waals surface area (Å²) >= 11 is 0. The van der Waals surface area contributed by atoms with Gasteiger partial charge >= 0.3 is 5.97 Å². The molecule has 0 spiro atoms. The quantitative estimate of drug-likeness (QED) is 0.494. The molecule has 94 valence electrons. The summed E-state index contributed by atoms with van der Waals surface area (Å²) in [4.78, 5) is 10.7. The second-order valence-corrected chi connectivity index (χ2v) is 4.35. The van der Waals surface area contributed by atoms with Gasteiger partial charge in [-0.3, -0.25) is 4.79 Å². The number of hydrogen-bond donors (Lipinski definition) is 3. The van der Waals surface area contributed by atoms with Crippen molar-refractivity contribution in [3.63, 3.8) is 0 Å². The maximum atomic E-state index is 10.7. The number of carboxylic acid groups (broad SMARTS) is 1. The lowest BCUT2D eigenvalue weighted by atomic mass is 9.88. The number of hydrogen-bond acceptors (Lipinski definition) is 4. The lowest BCUT2D eigenvalue weighted by Gasteiger charge is -2.42. The van der Waals surface area contributed by atoms with E-state index in [0.29, 0.717) is 0 Å². The van der Waals surface area contributed by atoms with Gasteiger partial charge in [0, 0.05) is 26.3 Å². The minimum absolute atomic E-state index is 0.190. The predicted molar refractivity (Wildman–Crippen MR) is 61.6 cm³/mol. The zero-order chi connectivity index (χ0) is 11.9. The Morgan fingerprint density at radius 2 is 2.25 bits per heavy atom. The lowest BCUT2D eigenvalue weighted by molar-refractivity contribution is -0.139. The largest absolute Gasteiger partial charge is 0.481 e. The van der Waals surface area contributed by atoms with Gasteiger partial charge in [-0.05, 0) is 19.4 Å². The van der Waals surface area contributed by atoms with Gasteiger partial charge in [-0.15, -0.1) is 0 Å². The number of rotatable bonds is 9. The fraction of sp³-hybridized carbons (Fsp3) is 0.909. The Kier molecular flexibility index (Phi) is 5.73. The maximum Gasteiger partial charge on any atom is 0.305 e. The molecule has 0 aromatic carbocycles. The first kappa shape index (κ1) is 13.4. The molecule has 1 fully saturated rings. The second-order valence-electron chi connectivity index (χ2n) is 4.35. The molecule has 0 unspecified atom stereocenters. The van der Waals surface area contributed by atoms with Crippen molar-refractivity contribution in [1.82, 2.24) is 10.6 Å². The van der Waals surface area contributed by atoms with Crippen molar-refractivity contribution in [3.8, 4) is 0 Å². The van der Waals surface area contributed by atoms with Crippen molar-refractivity contribution < 1.29 is 14.6 Å². The van der Waals surface area contributed by atoms with E-state index in [1.54, 1.807) is 0 Å². The highest BCUT2D eigenvalue weighted by molar-refractivity contribution is 5.68. The Labute approximate surface area is 96.6 Å². The Morgan fingerprint density at radius 3 is 2.75 bits per heavy atom. The Balaban J connectivity index is 2.07. The minimum atomic E-state index is -0.740. The van der Waals surface area contributed by atoms with Gasteiger partial charge in [0.2, 0.25) is 0 Å². The Bertz CT molecular complexity index is 217. The van der Waals surface area contributed by atoms with E-state index >= 15 is 0 Å². The number of carboxylic acids is 1. The summed E-state index contributed by atoms with van der Waals surface area (Å²) in [5.74, 6) is -0.740. The molecule has 3 N–H and O–H groups in total. The van der Waals surface area contributed by atoms with Crippen LogP contribution in [0.4, 0.5) is 0 Å². The molecule has 0 saturated carbocycles. The lowest BCUT2D eigenvalue weighted by Crippen LogP contribution is -2.68. The van der Waals surface area contributed by atoms with E-state index in [2.05, 4.69) is 17.6 Å². The van der Waals surface area contributed by atoms with Crippen LogP contribution in [0.3, 0.4) is 0 Å². The van der Waals surface area contributed by atoms with Crippen LogP contribution in [0.25, 0.3) is 0 Å². The van der Waals surface area contributed by atoms with Crippen molar-refractivity contribution in [2.24, 2.45) is 0 Å². The predicted octanol–water partition coefficient (Wildman–Crippen LogP) is 0.209. The third-order valence-corrected chi connectivity index (χ3v) is 2.73. The molecular formula is C11H22N2O3.